The number of cyclic esters (lactones) is 3. The van der Waals surface area contributed by atoms with Crippen LogP contribution in [0, 0.1) is 16.2 Å². The van der Waals surface area contributed by atoms with Crippen molar-refractivity contribution in [1.82, 2.24) is 11.0 Å². The molecule has 2 fully saturated rings. The summed E-state index contributed by atoms with van der Waals surface area (Å²) in [5.41, 5.74) is 93.6. The molecule has 0 unspecified atom stereocenters. The van der Waals surface area contributed by atoms with Crippen molar-refractivity contribution in [3.63, 3.8) is 0 Å². The van der Waals surface area contributed by atoms with Gasteiger partial charge in [-0.2, -0.15) is 0 Å². The topological polar surface area (TPSA) is 816 Å². The number of nitrogens with one attached hydrogen (secondary N) is 11. The van der Waals surface area contributed by atoms with Gasteiger partial charge in [0.2, 0.25) is 0 Å². The second kappa shape index (κ2) is 113. The van der Waals surface area contributed by atoms with Gasteiger partial charge >= 0.3 is 41.8 Å². The maximum atomic E-state index is 10.2. The number of halogens is 3. The van der Waals surface area contributed by atoms with Crippen LogP contribution in [0.4, 0.5) is 0 Å². The number of hydrogen-bond acceptors (Lipinski definition) is 21. The number of carbonyl (C=O) groups excluding carboxylic acids is 5. The summed E-state index contributed by atoms with van der Waals surface area (Å²) in [5.74, 6) is -7.38. The molecule has 0 spiro atoms. The summed E-state index contributed by atoms with van der Waals surface area (Å²) in [6, 6.07) is -5.73. The van der Waals surface area contributed by atoms with Gasteiger partial charge in [0.15, 0.2) is 0 Å². The van der Waals surface area contributed by atoms with E-state index in [0.29, 0.717) is 44.5 Å². The number of carbonyl (C=O) groups is 11. The van der Waals surface area contributed by atoms with Gasteiger partial charge in [0, 0.05) is 363 Å². The number of aliphatic hydroxyl groups excluding tert-OH is 1. The van der Waals surface area contributed by atoms with Crippen LogP contribution in [-0.2, 0) is 357 Å². The van der Waals surface area contributed by atoms with E-state index < -0.39 is 103 Å². The molecule has 2 rings (SSSR count). The Hall–Kier alpha value is 3.81. The van der Waals surface area contributed by atoms with E-state index in [1.807, 2.05) is 69.2 Å². The number of nitrogens with zero attached hydrogens (tertiary/aromatic N) is 3. The number of quaternary nitrogens is 3. The first kappa shape index (κ1) is 175. The Morgan fingerprint density at radius 1 is 0.535 bits per heavy atom. The third-order valence-corrected chi connectivity index (χ3v) is 11.4. The molecule has 0 saturated carbocycles. The molecule has 0 aromatic rings. The number of carboxylic acids is 8. The molecule has 9 radical (unpaired) electrons. The van der Waals surface area contributed by atoms with Gasteiger partial charge in [0.1, 0.15) is 6.04 Å². The zero-order valence-electron chi connectivity index (χ0n) is 68.5. The molecule has 657 valence electrons. The van der Waals surface area contributed by atoms with E-state index in [2.05, 4.69) is 75.5 Å². The number of ether oxygens (including phenoxy) is 2. The summed E-state index contributed by atoms with van der Waals surface area (Å²) in [5, 5.41) is 79.9. The maximum absolute atomic E-state index is 10.2. The summed E-state index contributed by atoms with van der Waals surface area (Å²) in [6.07, 6.45) is 5.58. The van der Waals surface area contributed by atoms with Gasteiger partial charge in [-0.1, -0.05) is 159 Å². The molecule has 114 heavy (non-hydrogen) atoms. The minimum atomic E-state index is -1.54. The summed E-state index contributed by atoms with van der Waals surface area (Å²) in [7, 11) is 0. The molecule has 2 heterocycles. The van der Waals surface area contributed by atoms with E-state index in [9.17, 15) is 63.0 Å². The van der Waals surface area contributed by atoms with Crippen LogP contribution >= 0.6 is 0 Å². The van der Waals surface area contributed by atoms with Crippen molar-refractivity contribution in [3.05, 3.63) is 62.0 Å². The molecule has 2 saturated heterocycles. The number of esters is 3. The number of hydrazine groups is 1. The summed E-state index contributed by atoms with van der Waals surface area (Å²) in [4.78, 5) is 112. The molecule has 53 heteroatoms. The predicted octanol–water partition coefficient (Wildman–Crippen LogP) is -5.20. The van der Waals surface area contributed by atoms with Gasteiger partial charge in [-0.05, 0) is 46.7 Å². The van der Waals surface area contributed by atoms with Crippen molar-refractivity contribution in [2.75, 3.05) is 32.8 Å². The SMILES string of the molecule is CC(C)(C)C[C@H](N)CC(=O)[O-].CC(C)(C)C[C@H]([NH-])CC(=O)[O-].CCC([NH-])CC.CC[C@@H]([NH-])CC(C)(C)C.CC[C@@H]([NH-])CN=[N+]=[N-].CC[C@@H]([NH-])CO.N[C@H](CC(=O)O)C(=O)O.[Cl-].[Cl-].[Cl-].[NH-][C@@H](C[NH3+])CC(=O)O.[NH-][C@@H]1CC(=O)OC1=O.[NH-][C@H](CC(=O)O)C(=O)O.[NH-][C@H]1COC(=O)C1.[NH3+]C[C@@H](CC(=O)O)NN[NH3+].[Y].[Y].[Y].[Y].[Y].[Y].[Y].[Y].[Y]. The van der Waals surface area contributed by atoms with Gasteiger partial charge < -0.3 is 177 Å². The maximum Gasteiger partial charge on any atom is 0.321 e. The van der Waals surface area contributed by atoms with Crippen LogP contribution in [0.5, 0.6) is 0 Å². The quantitative estimate of drug-likeness (QED) is 0.00831. The first-order valence-corrected chi connectivity index (χ1v) is 32.4. The normalized spacial score (nSPS) is 14.1. The molecular formula is C61H127Cl3N19O22Y9-11. The fourth-order valence-electron chi connectivity index (χ4n) is 6.07. The van der Waals surface area contributed by atoms with E-state index in [4.69, 9.17) is 104 Å². The van der Waals surface area contributed by atoms with Crippen LogP contribution in [0.2, 0.25) is 0 Å². The number of azide groups is 1. The Balaban J connectivity index is -0.0000000402. The standard InChI is InChI=1S/C8H17NO2.C8H16NO2.C8H18N.C5H12N.C4H12N4O2.C4H9N4.C4H9N2O2.C4H7NO4.C4H6NO4.C4H4NO3.C4H6NO2.C4H10NO.3ClH.9Y/c2*1-8(2,3)5-6(9)4-7(10)11;1-5-7(9)6-8(2,3)4;1-3-5(6)4-2;5-2-3(7-8-6)1-4(9)10;1-2-4(5)3-7-8-6;5-2-3(6)1-4(7)8;2*5-2(4(8)9)1-3(6)7;5-2-1-3(6)8-4(2)7;5-3-1-4(6)7-2-3;1-2-4(5)3-6;;;;;;;;;;;;/h6H,4-5,9H2,1-3H3,(H,10,11);6,9H,4-5H2,1-3H3,(H,10,11);7,9H,5-6H2,1-4H3;5-6H,3-4H2,1-2H3;3,7-8H,1-2,5-6H2,(H,9,10);4-5H,2-3H2,1H3;3,6H,1-2,5H2,(H,7,8);2H,1,5H2,(H,6,7)(H,8,9);2,5H,1H2,(H,6,7)(H,8,9);2,5H,1H2;3,5H,1-2H2;4-6H,2-3H2,1H3;3*1H;;;;;;;;;/q;3*-1;;2*-1;;4*-1;;;;;;;;;;;;/p-2/t2*6-;7-;;3-;4-;3-;3*2-;3-;4-;;;;;;;;;;;;/m111.11111111............/s1. The number of aliphatic hydroxyl groups is 1. The Bertz CT molecular complexity index is 2250. The largest absolute Gasteiger partial charge is 1.00 e. The van der Waals surface area contributed by atoms with E-state index in [-0.39, 0.29) is 436 Å². The third kappa shape index (κ3) is 170. The van der Waals surface area contributed by atoms with E-state index in [0.717, 1.165) is 38.5 Å². The molecule has 0 aromatic carbocycles. The Morgan fingerprint density at radius 2 is 0.904 bits per heavy atom. The Kier molecular flexibility index (Phi) is 173. The van der Waals surface area contributed by atoms with Crippen molar-refractivity contribution in [2.24, 2.45) is 32.8 Å². The summed E-state index contributed by atoms with van der Waals surface area (Å²) >= 11 is 0. The van der Waals surface area contributed by atoms with Crippen molar-refractivity contribution in [2.45, 2.75) is 272 Å². The van der Waals surface area contributed by atoms with Gasteiger partial charge in [0.25, 0.3) is 11.9 Å². The number of rotatable bonds is 29. The minimum absolute atomic E-state index is 0. The van der Waals surface area contributed by atoms with Crippen LogP contribution in [0.15, 0.2) is 5.11 Å². The van der Waals surface area contributed by atoms with Crippen LogP contribution in [0.3, 0.4) is 0 Å². The van der Waals surface area contributed by atoms with E-state index in [1.165, 1.54) is 0 Å². The summed E-state index contributed by atoms with van der Waals surface area (Å²) in [6.45, 7) is 30.0. The monoisotopic (exact) mass is 2380 g/mol. The molecule has 2 aliphatic rings. The molecule has 2 aliphatic heterocycles. The molecule has 0 bridgehead atoms. The Morgan fingerprint density at radius 3 is 1.06 bits per heavy atom. The molecule has 41 nitrogen and oxygen atoms in total. The van der Waals surface area contributed by atoms with Crippen LogP contribution in [0.25, 0.3) is 62.0 Å². The molecule has 0 aliphatic carbocycles. The van der Waals surface area contributed by atoms with E-state index in [1.54, 1.807) is 0 Å². The second-order valence-electron chi connectivity index (χ2n) is 26.0. The zero-order chi connectivity index (χ0) is 82.9. The molecular weight excluding hydrogens is 2260 g/mol. The predicted molar refractivity (Wildman–Crippen MR) is 377 cm³/mol. The number of aliphatic carboxylic acids is 8. The van der Waals surface area contributed by atoms with Crippen LogP contribution in [-0.4, -0.2) is 207 Å². The minimum Gasteiger partial charge on any atom is -1.00 e. The summed E-state index contributed by atoms with van der Waals surface area (Å²) < 4.78 is 8.45. The van der Waals surface area contributed by atoms with Crippen molar-refractivity contribution >= 4 is 65.7 Å². The fourth-order valence-corrected chi connectivity index (χ4v) is 6.07. The van der Waals surface area contributed by atoms with Gasteiger partial charge in [-0.15, -0.1) is 35.7 Å². The Labute approximate surface area is 919 Å². The van der Waals surface area contributed by atoms with Crippen molar-refractivity contribution < 1.29 is 457 Å². The van der Waals surface area contributed by atoms with Gasteiger partial charge in [-0.25, -0.2) is 5.43 Å². The first-order chi connectivity index (χ1) is 46.4. The number of nitrogens with two attached hydrogens (primary N) is 2. The van der Waals surface area contributed by atoms with Crippen LogP contribution in [0.1, 0.15) is 200 Å². The zero-order valence-corrected chi connectivity index (χ0v) is 96.3. The molecule has 0 aromatic heterocycles. The smallest absolute Gasteiger partial charge is 0.321 e. The van der Waals surface area contributed by atoms with E-state index >= 15 is 0 Å². The fraction of sp³-hybridized carbons (Fsp3) is 0.820. The average Bonchev–Trinajstić information content (AvgIpc) is 1.78. The van der Waals surface area contributed by atoms with Crippen molar-refractivity contribution in [1.29, 1.82) is 0 Å². The molecule has 11 atom stereocenters. The first-order valence-electron chi connectivity index (χ1n) is 32.4. The molecule has 31 N–H and O–H groups in total. The third-order valence-electron chi connectivity index (χ3n) is 11.4. The average molecular weight is 2390 g/mol. The number of hydrogen-bond donors (Lipinski definition) is 14. The second-order valence-corrected chi connectivity index (χ2v) is 26.0. The van der Waals surface area contributed by atoms with Gasteiger partial charge in [0.05, 0.1) is 38.6 Å². The van der Waals surface area contributed by atoms with Crippen molar-refractivity contribution in [3.8, 4) is 0 Å². The van der Waals surface area contributed by atoms with Gasteiger partial charge in [-0.3, -0.25) is 49.0 Å². The van der Waals surface area contributed by atoms with Crippen LogP contribution < -0.4 is 87.2 Å². The molecule has 0 amide bonds. The number of carboxylic acid groups (broad SMARTS) is 8.